The second kappa shape index (κ2) is 9.27. The van der Waals surface area contributed by atoms with Crippen molar-refractivity contribution in [3.8, 4) is 0 Å². The smallest absolute Gasteiger partial charge is 0.465 e. The summed E-state index contributed by atoms with van der Waals surface area (Å²) in [5, 5.41) is 0. The van der Waals surface area contributed by atoms with E-state index in [1.807, 2.05) is 34.6 Å². The van der Waals surface area contributed by atoms with E-state index in [0.29, 0.717) is 25.9 Å². The summed E-state index contributed by atoms with van der Waals surface area (Å²) in [7, 11) is -2.70. The molecule has 114 valence electrons. The molecule has 0 rings (SSSR count). The summed E-state index contributed by atoms with van der Waals surface area (Å²) in [5.74, 6) is -0.236. The predicted octanol–water partition coefficient (Wildman–Crippen LogP) is 2.79. The molecular weight excluding hydrogens is 379 g/mol. The molecule has 5 nitrogen and oxygen atoms in total. The Morgan fingerprint density at radius 2 is 1.47 bits per heavy atom. The Bertz CT molecular complexity index is 250. The van der Waals surface area contributed by atoms with Crippen LogP contribution < -0.4 is 0 Å². The van der Waals surface area contributed by atoms with Gasteiger partial charge < -0.3 is 18.0 Å². The van der Waals surface area contributed by atoms with Gasteiger partial charge >= 0.3 is 14.8 Å². The minimum absolute atomic E-state index is 0.236. The van der Waals surface area contributed by atoms with Crippen LogP contribution in [0.15, 0.2) is 0 Å². The maximum Gasteiger partial charge on any atom is 0.504 e. The number of alkyl halides is 1. The molecule has 0 aromatic rings. The summed E-state index contributed by atoms with van der Waals surface area (Å²) in [6.45, 7) is 11.2. The number of hydrogen-bond donors (Lipinski definition) is 0. The topological polar surface area (TPSA) is 54.0 Å². The molecule has 0 aromatic heterocycles. The number of rotatable bonds is 10. The van der Waals surface area contributed by atoms with Gasteiger partial charge in [-0.2, -0.15) is 0 Å². The maximum atomic E-state index is 11.7. The molecular formula is C12H25IO5Si. The molecule has 0 aliphatic carbocycles. The molecule has 0 aromatic carbocycles. The van der Waals surface area contributed by atoms with Crippen LogP contribution in [0.4, 0.5) is 0 Å². The second-order valence-corrected chi connectivity index (χ2v) is 9.77. The predicted molar refractivity (Wildman–Crippen MR) is 84.5 cm³/mol. The molecule has 0 spiro atoms. The van der Waals surface area contributed by atoms with Crippen molar-refractivity contribution in [1.82, 2.24) is 0 Å². The molecule has 0 saturated carbocycles. The van der Waals surface area contributed by atoms with Gasteiger partial charge in [-0.3, -0.25) is 4.79 Å². The fraction of sp³-hybridized carbons (Fsp3) is 0.917. The number of carbonyl (C=O) groups is 1. The highest BCUT2D eigenvalue weighted by Crippen LogP contribution is 2.20. The van der Waals surface area contributed by atoms with Crippen molar-refractivity contribution < 1.29 is 22.8 Å². The molecule has 0 aliphatic rings. The third-order valence-corrected chi connectivity index (χ3v) is 5.66. The molecule has 0 heterocycles. The number of hydrogen-bond acceptors (Lipinski definition) is 5. The lowest BCUT2D eigenvalue weighted by Gasteiger charge is -2.28. The Hall–Kier alpha value is 0.297. The molecule has 0 aliphatic heterocycles. The largest absolute Gasteiger partial charge is 0.504 e. The van der Waals surface area contributed by atoms with Gasteiger partial charge in [-0.25, -0.2) is 0 Å². The Morgan fingerprint density at radius 1 is 1.05 bits per heavy atom. The van der Waals surface area contributed by atoms with E-state index in [4.69, 9.17) is 18.0 Å². The summed E-state index contributed by atoms with van der Waals surface area (Å²) in [4.78, 5) is 11.7. The molecule has 7 heteroatoms. The Morgan fingerprint density at radius 3 is 1.79 bits per heavy atom. The zero-order valence-electron chi connectivity index (χ0n) is 12.5. The Labute approximate surface area is 130 Å². The fourth-order valence-electron chi connectivity index (χ4n) is 1.44. The molecule has 19 heavy (non-hydrogen) atoms. The van der Waals surface area contributed by atoms with E-state index >= 15 is 0 Å². The van der Waals surface area contributed by atoms with Crippen molar-refractivity contribution in [3.63, 3.8) is 0 Å². The van der Waals surface area contributed by atoms with Gasteiger partial charge in [0.25, 0.3) is 0 Å². The zero-order chi connectivity index (χ0) is 14.9. The quantitative estimate of drug-likeness (QED) is 0.243. The SMILES string of the molecule is CCO[Si](CCOC(=O)C(C)(C)I)(OCC)OCC. The molecule has 0 unspecified atom stereocenters. The van der Waals surface area contributed by atoms with Crippen molar-refractivity contribution >= 4 is 37.4 Å². The van der Waals surface area contributed by atoms with Crippen LogP contribution in [0.25, 0.3) is 0 Å². The second-order valence-electron chi connectivity index (χ2n) is 4.34. The molecule has 0 N–H and O–H groups in total. The summed E-state index contributed by atoms with van der Waals surface area (Å²) in [6, 6.07) is 0.487. The standard InChI is InChI=1S/C12H25IO5Si/c1-6-16-19(17-7-2,18-8-3)10-9-15-11(14)12(4,5)13/h6-10H2,1-5H3. The normalized spacial score (nSPS) is 12.5. The highest BCUT2D eigenvalue weighted by atomic mass is 127. The van der Waals surface area contributed by atoms with Crippen LogP contribution in [-0.2, 0) is 22.8 Å². The zero-order valence-corrected chi connectivity index (χ0v) is 15.6. The minimum Gasteiger partial charge on any atom is -0.465 e. The lowest BCUT2D eigenvalue weighted by molar-refractivity contribution is -0.144. The average molecular weight is 404 g/mol. The first-order valence-corrected chi connectivity index (χ1v) is 9.60. The molecule has 0 radical (unpaired) electrons. The van der Waals surface area contributed by atoms with Gasteiger partial charge in [0.2, 0.25) is 0 Å². The third-order valence-electron chi connectivity index (χ3n) is 2.22. The van der Waals surface area contributed by atoms with Crippen LogP contribution in [0, 0.1) is 0 Å². The Balaban J connectivity index is 4.44. The molecule has 0 fully saturated rings. The van der Waals surface area contributed by atoms with Gasteiger partial charge in [0, 0.05) is 19.8 Å². The molecule has 0 atom stereocenters. The van der Waals surface area contributed by atoms with Crippen molar-refractivity contribution in [3.05, 3.63) is 0 Å². The monoisotopic (exact) mass is 404 g/mol. The first kappa shape index (κ1) is 19.3. The van der Waals surface area contributed by atoms with Crippen molar-refractivity contribution in [1.29, 1.82) is 0 Å². The van der Waals surface area contributed by atoms with Gasteiger partial charge in [0.15, 0.2) is 0 Å². The lowest BCUT2D eigenvalue weighted by Crippen LogP contribution is -2.47. The van der Waals surface area contributed by atoms with E-state index in [1.54, 1.807) is 0 Å². The highest BCUT2D eigenvalue weighted by molar-refractivity contribution is 14.1. The Kier molecular flexibility index (Phi) is 9.42. The van der Waals surface area contributed by atoms with Gasteiger partial charge in [-0.15, -0.1) is 0 Å². The van der Waals surface area contributed by atoms with Crippen molar-refractivity contribution in [2.24, 2.45) is 0 Å². The molecule has 0 saturated heterocycles. The number of ether oxygens (including phenoxy) is 1. The van der Waals surface area contributed by atoms with Crippen LogP contribution in [0.5, 0.6) is 0 Å². The van der Waals surface area contributed by atoms with Crippen LogP contribution in [0.2, 0.25) is 6.04 Å². The summed E-state index contributed by atoms with van der Waals surface area (Å²) in [5.41, 5.74) is 0. The first-order chi connectivity index (χ1) is 8.81. The molecule has 0 amide bonds. The van der Waals surface area contributed by atoms with E-state index in [0.717, 1.165) is 0 Å². The minimum atomic E-state index is -2.70. The van der Waals surface area contributed by atoms with Crippen LogP contribution in [0.3, 0.4) is 0 Å². The average Bonchev–Trinajstić information content (AvgIpc) is 2.28. The van der Waals surface area contributed by atoms with E-state index in [9.17, 15) is 4.79 Å². The van der Waals surface area contributed by atoms with E-state index < -0.39 is 12.2 Å². The van der Waals surface area contributed by atoms with E-state index in [2.05, 4.69) is 22.6 Å². The van der Waals surface area contributed by atoms with E-state index in [-0.39, 0.29) is 12.6 Å². The van der Waals surface area contributed by atoms with Crippen LogP contribution >= 0.6 is 22.6 Å². The first-order valence-electron chi connectivity index (χ1n) is 6.59. The van der Waals surface area contributed by atoms with Crippen LogP contribution in [0.1, 0.15) is 34.6 Å². The summed E-state index contributed by atoms with van der Waals surface area (Å²) in [6.07, 6.45) is 0. The van der Waals surface area contributed by atoms with Crippen molar-refractivity contribution in [2.45, 2.75) is 44.1 Å². The summed E-state index contributed by atoms with van der Waals surface area (Å²) < 4.78 is 21.8. The number of halogens is 1. The fourth-order valence-corrected chi connectivity index (χ4v) is 3.95. The highest BCUT2D eigenvalue weighted by Gasteiger charge is 2.40. The van der Waals surface area contributed by atoms with Gasteiger partial charge in [-0.1, -0.05) is 22.6 Å². The van der Waals surface area contributed by atoms with Crippen LogP contribution in [-0.4, -0.2) is 44.6 Å². The van der Waals surface area contributed by atoms with E-state index in [1.165, 1.54) is 0 Å². The lowest BCUT2D eigenvalue weighted by atomic mass is 10.2. The molecule has 0 bridgehead atoms. The number of esters is 1. The third kappa shape index (κ3) is 7.59. The van der Waals surface area contributed by atoms with Gasteiger partial charge in [-0.05, 0) is 34.6 Å². The van der Waals surface area contributed by atoms with Gasteiger partial charge in [0.05, 0.1) is 12.7 Å². The van der Waals surface area contributed by atoms with Gasteiger partial charge in [0.1, 0.15) is 3.42 Å². The van der Waals surface area contributed by atoms with Crippen molar-refractivity contribution in [2.75, 3.05) is 26.4 Å². The maximum absolute atomic E-state index is 11.7. The number of carbonyl (C=O) groups excluding carboxylic acids is 1. The summed E-state index contributed by atoms with van der Waals surface area (Å²) >= 11 is 2.06.